The number of hydroxylamine groups is 1. The van der Waals surface area contributed by atoms with Gasteiger partial charge in [0.1, 0.15) is 0 Å². The van der Waals surface area contributed by atoms with Gasteiger partial charge in [-0.2, -0.15) is 0 Å². The lowest BCUT2D eigenvalue weighted by Gasteiger charge is -2.46. The van der Waals surface area contributed by atoms with E-state index in [1.807, 2.05) is 0 Å². The first kappa shape index (κ1) is 9.93. The van der Waals surface area contributed by atoms with Gasteiger partial charge in [-0.15, -0.1) is 0 Å². The Morgan fingerprint density at radius 1 is 1.29 bits per heavy atom. The van der Waals surface area contributed by atoms with Gasteiger partial charge in [-0.05, 0) is 37.5 Å². The van der Waals surface area contributed by atoms with Crippen LogP contribution in [0, 0.1) is 17.8 Å². The highest BCUT2D eigenvalue weighted by atomic mass is 16.5. The van der Waals surface area contributed by atoms with Gasteiger partial charge >= 0.3 is 5.97 Å². The van der Waals surface area contributed by atoms with Crippen LogP contribution in [0.5, 0.6) is 0 Å². The molecule has 3 aliphatic carbocycles. The highest BCUT2D eigenvalue weighted by molar-refractivity contribution is 5.74. The summed E-state index contributed by atoms with van der Waals surface area (Å²) in [7, 11) is 1.42. The molecular formula is C10H17NO3. The smallest absolute Gasteiger partial charge is 0.310 e. The van der Waals surface area contributed by atoms with Gasteiger partial charge in [-0.1, -0.05) is 0 Å². The van der Waals surface area contributed by atoms with Crippen molar-refractivity contribution in [2.24, 2.45) is 17.8 Å². The summed E-state index contributed by atoms with van der Waals surface area (Å²) in [5, 5.41) is 9.07. The fraction of sp³-hybridized carbons (Fsp3) is 0.900. The second-order valence-electron chi connectivity index (χ2n) is 4.38. The van der Waals surface area contributed by atoms with E-state index >= 15 is 0 Å². The second-order valence-corrected chi connectivity index (χ2v) is 4.38. The number of hydrogen-bond acceptors (Lipinski definition) is 4. The molecule has 0 aromatic rings. The summed E-state index contributed by atoms with van der Waals surface area (Å²) in [6, 6.07) is -0.0880. The molecule has 4 nitrogen and oxygen atoms in total. The summed E-state index contributed by atoms with van der Waals surface area (Å²) < 4.78 is 4.78. The molecule has 0 saturated heterocycles. The summed E-state index contributed by atoms with van der Waals surface area (Å²) in [6.45, 7) is 0. The monoisotopic (exact) mass is 199 g/mol. The first-order valence-corrected chi connectivity index (χ1v) is 5.25. The van der Waals surface area contributed by atoms with E-state index in [1.54, 1.807) is 0 Å². The zero-order valence-corrected chi connectivity index (χ0v) is 8.40. The maximum absolute atomic E-state index is 11.6. The molecule has 2 unspecified atom stereocenters. The lowest BCUT2D eigenvalue weighted by Crippen LogP contribution is -2.54. The fourth-order valence-corrected chi connectivity index (χ4v) is 3.11. The van der Waals surface area contributed by atoms with Gasteiger partial charge in [0.05, 0.1) is 13.0 Å². The molecule has 3 aliphatic rings. The number of nitrogens with one attached hydrogen (secondary N) is 1. The Morgan fingerprint density at radius 3 is 2.36 bits per heavy atom. The van der Waals surface area contributed by atoms with Crippen LogP contribution in [-0.2, 0) is 9.53 Å². The van der Waals surface area contributed by atoms with Crippen LogP contribution in [0.1, 0.15) is 25.7 Å². The van der Waals surface area contributed by atoms with Gasteiger partial charge in [0.25, 0.3) is 0 Å². The lowest BCUT2D eigenvalue weighted by molar-refractivity contribution is -0.156. The number of rotatable bonds is 2. The molecule has 4 heteroatoms. The van der Waals surface area contributed by atoms with Crippen LogP contribution < -0.4 is 5.48 Å². The summed E-state index contributed by atoms with van der Waals surface area (Å²) in [4.78, 5) is 11.6. The van der Waals surface area contributed by atoms with Crippen molar-refractivity contribution in [3.8, 4) is 0 Å². The van der Waals surface area contributed by atoms with E-state index in [1.165, 1.54) is 7.11 Å². The third-order valence-electron chi connectivity index (χ3n) is 3.84. The summed E-state index contributed by atoms with van der Waals surface area (Å²) >= 11 is 0. The number of fused-ring (bicyclic) bond motifs is 3. The lowest BCUT2D eigenvalue weighted by atomic mass is 9.62. The van der Waals surface area contributed by atoms with Crippen LogP contribution in [-0.4, -0.2) is 24.3 Å². The van der Waals surface area contributed by atoms with Crippen molar-refractivity contribution in [3.05, 3.63) is 0 Å². The zero-order valence-electron chi connectivity index (χ0n) is 8.40. The Bertz CT molecular complexity index is 223. The Balaban J connectivity index is 2.16. The average Bonchev–Trinajstić information content (AvgIpc) is 2.28. The Morgan fingerprint density at radius 2 is 1.86 bits per heavy atom. The van der Waals surface area contributed by atoms with Crippen molar-refractivity contribution in [1.82, 2.24) is 5.48 Å². The molecule has 3 rings (SSSR count). The minimum atomic E-state index is -0.175. The third kappa shape index (κ3) is 1.42. The Labute approximate surface area is 83.6 Å². The van der Waals surface area contributed by atoms with E-state index < -0.39 is 0 Å². The van der Waals surface area contributed by atoms with Crippen molar-refractivity contribution in [3.63, 3.8) is 0 Å². The number of esters is 1. The third-order valence-corrected chi connectivity index (χ3v) is 3.84. The molecular weight excluding hydrogens is 182 g/mol. The van der Waals surface area contributed by atoms with Crippen molar-refractivity contribution in [2.75, 3.05) is 7.11 Å². The molecule has 3 fully saturated rings. The molecule has 2 atom stereocenters. The maximum Gasteiger partial charge on any atom is 0.310 e. The molecule has 3 saturated carbocycles. The quantitative estimate of drug-likeness (QED) is 0.513. The predicted molar refractivity (Wildman–Crippen MR) is 49.7 cm³/mol. The second kappa shape index (κ2) is 3.87. The van der Waals surface area contributed by atoms with Gasteiger partial charge in [-0.25, -0.2) is 5.48 Å². The molecule has 0 spiro atoms. The number of carbonyl (C=O) groups excluding carboxylic acids is 1. The highest BCUT2D eigenvalue weighted by Crippen LogP contribution is 2.45. The molecule has 80 valence electrons. The van der Waals surface area contributed by atoms with Crippen molar-refractivity contribution in [1.29, 1.82) is 0 Å². The van der Waals surface area contributed by atoms with Crippen LogP contribution in [0.15, 0.2) is 0 Å². The minimum absolute atomic E-state index is 0.0880. The number of hydrogen-bond donors (Lipinski definition) is 2. The predicted octanol–water partition coefficient (Wildman–Crippen LogP) is 0.943. The van der Waals surface area contributed by atoms with Crippen molar-refractivity contribution < 1.29 is 14.7 Å². The van der Waals surface area contributed by atoms with E-state index in [0.29, 0.717) is 11.8 Å². The minimum Gasteiger partial charge on any atom is -0.469 e. The summed E-state index contributed by atoms with van der Waals surface area (Å²) in [5.74, 6) is 0.523. The van der Waals surface area contributed by atoms with Gasteiger partial charge in [-0.3, -0.25) is 4.79 Å². The van der Waals surface area contributed by atoms with Gasteiger partial charge in [0.2, 0.25) is 0 Å². The highest BCUT2D eigenvalue weighted by Gasteiger charge is 2.47. The SMILES string of the molecule is COC(=O)C1C2CCC(CC2)C1NO. The molecule has 0 radical (unpaired) electrons. The molecule has 0 aliphatic heterocycles. The van der Waals surface area contributed by atoms with Crippen LogP contribution >= 0.6 is 0 Å². The largest absolute Gasteiger partial charge is 0.469 e. The molecule has 0 aromatic heterocycles. The first-order chi connectivity index (χ1) is 6.77. The zero-order chi connectivity index (χ0) is 10.1. The molecule has 14 heavy (non-hydrogen) atoms. The molecule has 2 bridgehead atoms. The normalized spacial score (nSPS) is 41.0. The van der Waals surface area contributed by atoms with E-state index in [4.69, 9.17) is 9.94 Å². The first-order valence-electron chi connectivity index (χ1n) is 5.25. The summed E-state index contributed by atoms with van der Waals surface area (Å²) in [5.41, 5.74) is 2.30. The van der Waals surface area contributed by atoms with Crippen LogP contribution in [0.25, 0.3) is 0 Å². The summed E-state index contributed by atoms with van der Waals surface area (Å²) in [6.07, 6.45) is 4.44. The number of ether oxygens (including phenoxy) is 1. The van der Waals surface area contributed by atoms with E-state index in [9.17, 15) is 4.79 Å². The maximum atomic E-state index is 11.6. The van der Waals surface area contributed by atoms with Gasteiger partial charge in [0, 0.05) is 6.04 Å². The Hall–Kier alpha value is -0.610. The standard InChI is InChI=1S/C10H17NO3/c1-14-10(12)8-6-2-4-7(5-3-6)9(8)11-13/h6-9,11,13H,2-5H2,1H3. The van der Waals surface area contributed by atoms with E-state index in [2.05, 4.69) is 5.48 Å². The van der Waals surface area contributed by atoms with Crippen molar-refractivity contribution in [2.45, 2.75) is 31.7 Å². The molecule has 2 N–H and O–H groups in total. The van der Waals surface area contributed by atoms with E-state index in [-0.39, 0.29) is 17.9 Å². The molecule has 0 aromatic carbocycles. The van der Waals surface area contributed by atoms with Crippen LogP contribution in [0.3, 0.4) is 0 Å². The van der Waals surface area contributed by atoms with Crippen LogP contribution in [0.2, 0.25) is 0 Å². The number of methoxy groups -OCH3 is 1. The Kier molecular flexibility index (Phi) is 2.74. The number of carbonyl (C=O) groups is 1. The topological polar surface area (TPSA) is 58.6 Å². The van der Waals surface area contributed by atoms with Crippen molar-refractivity contribution >= 4 is 5.97 Å². The fourth-order valence-electron chi connectivity index (χ4n) is 3.11. The van der Waals surface area contributed by atoms with Gasteiger partial charge < -0.3 is 9.94 Å². The van der Waals surface area contributed by atoms with E-state index in [0.717, 1.165) is 25.7 Å². The average molecular weight is 199 g/mol. The molecule has 0 heterocycles. The molecule has 0 amide bonds. The van der Waals surface area contributed by atoms with Crippen LogP contribution in [0.4, 0.5) is 0 Å². The van der Waals surface area contributed by atoms with Gasteiger partial charge in [0.15, 0.2) is 0 Å².